The minimum Gasteiger partial charge on any atom is -0.310 e. The zero-order valence-corrected chi connectivity index (χ0v) is 18.7. The van der Waals surface area contributed by atoms with Gasteiger partial charge in [0.25, 0.3) is 0 Å². The van der Waals surface area contributed by atoms with Crippen molar-refractivity contribution >= 4 is 34.9 Å². The molecule has 1 amide bonds. The molecule has 1 aliphatic rings. The molecule has 1 aliphatic carbocycles. The number of carbonyl (C=O) groups excluding carboxylic acids is 1. The molecule has 0 aliphatic heterocycles. The maximum absolute atomic E-state index is 13.2. The molecule has 0 radical (unpaired) electrons. The molecule has 0 unspecified atom stereocenters. The topological polar surface area (TPSA) is 64.0 Å². The Hall–Kier alpha value is -2.63. The first-order valence-corrected chi connectivity index (χ1v) is 11.2. The fraction of sp³-hybridized carbons (Fsp3) is 0.292. The quantitative estimate of drug-likeness (QED) is 0.521. The molecule has 7 heteroatoms. The lowest BCUT2D eigenvalue weighted by atomic mass is 9.88. The number of halogens is 2. The van der Waals surface area contributed by atoms with Crippen molar-refractivity contribution in [3.63, 3.8) is 0 Å². The van der Waals surface area contributed by atoms with Crippen molar-refractivity contribution in [1.29, 1.82) is 0 Å². The average Bonchev–Trinajstić information content (AvgIpc) is 2.78. The first-order chi connectivity index (χ1) is 15.0. The fourth-order valence-electron chi connectivity index (χ4n) is 4.05. The van der Waals surface area contributed by atoms with Crippen molar-refractivity contribution in [2.75, 3.05) is 5.32 Å². The zero-order chi connectivity index (χ0) is 22.0. The second-order valence-corrected chi connectivity index (χ2v) is 8.68. The SMILES string of the molecule is Cc1nn(-c2cccc(Cl)c2)c(NC(=O)C2CCCCC2)c(-c2ccccc2Cl)c1=O. The van der Waals surface area contributed by atoms with Crippen LogP contribution in [-0.2, 0) is 4.79 Å². The van der Waals surface area contributed by atoms with Gasteiger partial charge in [0.2, 0.25) is 11.3 Å². The molecule has 5 nitrogen and oxygen atoms in total. The number of hydrogen-bond donors (Lipinski definition) is 1. The third-order valence-electron chi connectivity index (χ3n) is 5.67. The Kier molecular flexibility index (Phi) is 6.44. The lowest BCUT2D eigenvalue weighted by Crippen LogP contribution is -2.29. The van der Waals surface area contributed by atoms with Crippen molar-refractivity contribution in [2.24, 2.45) is 5.92 Å². The predicted octanol–water partition coefficient (Wildman–Crippen LogP) is 6.03. The standard InChI is InChI=1S/C24H23Cl2N3O2/c1-15-22(30)21(19-12-5-6-13-20(19)26)23(27-24(31)16-8-3-2-4-9-16)29(28-15)18-11-7-10-17(25)14-18/h5-7,10-14,16H,2-4,8-9H2,1H3,(H,27,31). The Balaban J connectivity index is 1.94. The third-order valence-corrected chi connectivity index (χ3v) is 6.23. The smallest absolute Gasteiger partial charge is 0.228 e. The first kappa shape index (κ1) is 21.6. The molecule has 4 rings (SSSR count). The van der Waals surface area contributed by atoms with E-state index in [9.17, 15) is 9.59 Å². The van der Waals surface area contributed by atoms with Gasteiger partial charge in [0, 0.05) is 21.5 Å². The number of anilines is 1. The van der Waals surface area contributed by atoms with Gasteiger partial charge in [0.15, 0.2) is 0 Å². The van der Waals surface area contributed by atoms with Crippen molar-refractivity contribution in [3.8, 4) is 16.8 Å². The number of carbonyl (C=O) groups is 1. The van der Waals surface area contributed by atoms with Gasteiger partial charge in [-0.05, 0) is 44.0 Å². The highest BCUT2D eigenvalue weighted by Crippen LogP contribution is 2.33. The molecule has 1 fully saturated rings. The molecule has 160 valence electrons. The number of rotatable bonds is 4. The lowest BCUT2D eigenvalue weighted by molar-refractivity contribution is -0.120. The van der Waals surface area contributed by atoms with Gasteiger partial charge < -0.3 is 5.32 Å². The molecule has 31 heavy (non-hydrogen) atoms. The molecule has 0 spiro atoms. The summed E-state index contributed by atoms with van der Waals surface area (Å²) < 4.78 is 1.57. The van der Waals surface area contributed by atoms with Gasteiger partial charge in [-0.2, -0.15) is 5.10 Å². The predicted molar refractivity (Wildman–Crippen MR) is 125 cm³/mol. The number of nitrogens with one attached hydrogen (secondary N) is 1. The molecule has 0 atom stereocenters. The third kappa shape index (κ3) is 4.53. The number of aryl methyl sites for hydroxylation is 1. The minimum absolute atomic E-state index is 0.0861. The van der Waals surface area contributed by atoms with E-state index in [1.165, 1.54) is 0 Å². The molecule has 1 saturated carbocycles. The lowest BCUT2D eigenvalue weighted by Gasteiger charge is -2.23. The number of nitrogens with zero attached hydrogens (tertiary/aromatic N) is 2. The molecule has 3 aromatic rings. The summed E-state index contributed by atoms with van der Waals surface area (Å²) in [5.74, 6) is 0.118. The molecule has 1 heterocycles. The van der Waals surface area contributed by atoms with Gasteiger partial charge in [-0.1, -0.05) is 66.7 Å². The first-order valence-electron chi connectivity index (χ1n) is 10.4. The Bertz CT molecular complexity index is 1180. The summed E-state index contributed by atoms with van der Waals surface area (Å²) >= 11 is 12.7. The second kappa shape index (κ2) is 9.25. The van der Waals surface area contributed by atoms with Crippen LogP contribution in [0.5, 0.6) is 0 Å². The Morgan fingerprint density at radius 3 is 2.52 bits per heavy atom. The summed E-state index contributed by atoms with van der Waals surface area (Å²) in [6.07, 6.45) is 4.89. The van der Waals surface area contributed by atoms with Gasteiger partial charge in [-0.25, -0.2) is 4.68 Å². The van der Waals surface area contributed by atoms with Crippen molar-refractivity contribution in [1.82, 2.24) is 9.78 Å². The maximum atomic E-state index is 13.2. The normalized spacial score (nSPS) is 14.4. The molecule has 1 aromatic heterocycles. The van der Waals surface area contributed by atoms with E-state index in [0.717, 1.165) is 32.1 Å². The van der Waals surface area contributed by atoms with Gasteiger partial charge in [0.05, 0.1) is 11.3 Å². The molecule has 1 N–H and O–H groups in total. The number of amides is 1. The van der Waals surface area contributed by atoms with Crippen LogP contribution in [0.1, 0.15) is 37.8 Å². The van der Waals surface area contributed by atoms with Crippen LogP contribution in [0.15, 0.2) is 53.3 Å². The highest BCUT2D eigenvalue weighted by Gasteiger charge is 2.26. The highest BCUT2D eigenvalue weighted by molar-refractivity contribution is 6.33. The Morgan fingerprint density at radius 1 is 1.06 bits per heavy atom. The summed E-state index contributed by atoms with van der Waals surface area (Å²) in [4.78, 5) is 26.4. The molecular weight excluding hydrogens is 433 g/mol. The summed E-state index contributed by atoms with van der Waals surface area (Å²) in [5, 5.41) is 8.46. The van der Waals surface area contributed by atoms with Crippen LogP contribution in [0.3, 0.4) is 0 Å². The van der Waals surface area contributed by atoms with Crippen molar-refractivity contribution in [2.45, 2.75) is 39.0 Å². The van der Waals surface area contributed by atoms with Crippen LogP contribution in [-0.4, -0.2) is 15.7 Å². The summed E-state index contributed by atoms with van der Waals surface area (Å²) in [6, 6.07) is 14.2. The van der Waals surface area contributed by atoms with E-state index in [1.54, 1.807) is 48.0 Å². The summed E-state index contributed by atoms with van der Waals surface area (Å²) in [5.41, 5.74) is 1.54. The van der Waals surface area contributed by atoms with Gasteiger partial charge in [0.1, 0.15) is 11.5 Å². The van der Waals surface area contributed by atoms with E-state index in [4.69, 9.17) is 23.2 Å². The van der Waals surface area contributed by atoms with Crippen LogP contribution >= 0.6 is 23.2 Å². The molecule has 0 saturated heterocycles. The van der Waals surface area contributed by atoms with Crippen LogP contribution < -0.4 is 10.7 Å². The molecule has 2 aromatic carbocycles. The maximum Gasteiger partial charge on any atom is 0.228 e. The minimum atomic E-state index is -0.273. The van der Waals surface area contributed by atoms with E-state index >= 15 is 0 Å². The van der Waals surface area contributed by atoms with E-state index < -0.39 is 0 Å². The van der Waals surface area contributed by atoms with Gasteiger partial charge in [-0.3, -0.25) is 9.59 Å². The van der Waals surface area contributed by atoms with Crippen LogP contribution in [0.2, 0.25) is 10.0 Å². The molecule has 0 bridgehead atoms. The number of benzene rings is 2. The Morgan fingerprint density at radius 2 is 1.81 bits per heavy atom. The van der Waals surface area contributed by atoms with Gasteiger partial charge >= 0.3 is 0 Å². The van der Waals surface area contributed by atoms with E-state index in [-0.39, 0.29) is 17.3 Å². The van der Waals surface area contributed by atoms with E-state index in [1.807, 2.05) is 12.1 Å². The van der Waals surface area contributed by atoms with Crippen LogP contribution in [0.25, 0.3) is 16.8 Å². The van der Waals surface area contributed by atoms with Crippen molar-refractivity contribution in [3.05, 3.63) is 74.5 Å². The zero-order valence-electron chi connectivity index (χ0n) is 17.2. The van der Waals surface area contributed by atoms with Crippen LogP contribution in [0, 0.1) is 12.8 Å². The van der Waals surface area contributed by atoms with E-state index in [0.29, 0.717) is 38.4 Å². The highest BCUT2D eigenvalue weighted by atomic mass is 35.5. The summed E-state index contributed by atoms with van der Waals surface area (Å²) in [7, 11) is 0. The largest absolute Gasteiger partial charge is 0.310 e. The average molecular weight is 456 g/mol. The number of hydrogen-bond acceptors (Lipinski definition) is 3. The molecular formula is C24H23Cl2N3O2. The second-order valence-electron chi connectivity index (χ2n) is 7.83. The number of aromatic nitrogens is 2. The summed E-state index contributed by atoms with van der Waals surface area (Å²) in [6.45, 7) is 1.65. The van der Waals surface area contributed by atoms with Crippen molar-refractivity contribution < 1.29 is 4.79 Å². The fourth-order valence-corrected chi connectivity index (χ4v) is 4.46. The van der Waals surface area contributed by atoms with Gasteiger partial charge in [-0.15, -0.1) is 0 Å². The Labute approximate surface area is 191 Å². The van der Waals surface area contributed by atoms with E-state index in [2.05, 4.69) is 10.4 Å². The van der Waals surface area contributed by atoms with Crippen LogP contribution in [0.4, 0.5) is 5.82 Å². The monoisotopic (exact) mass is 455 g/mol.